The van der Waals surface area contributed by atoms with E-state index in [1.165, 1.54) is 25.7 Å². The van der Waals surface area contributed by atoms with Crippen LogP contribution in [0.3, 0.4) is 0 Å². The van der Waals surface area contributed by atoms with Crippen LogP contribution in [0.1, 0.15) is 71.6 Å². The SMILES string of the molecule is C#C[C@@]1(O)CC[C@@H]2[C@@H]3CC[C@@H]4CC5(CC[C@]4(C)[C@@H]3CC[C@]21C)OCCO5. The van der Waals surface area contributed by atoms with E-state index in [1.807, 2.05) is 0 Å². The maximum Gasteiger partial charge on any atom is 0.168 e. The highest BCUT2D eigenvalue weighted by Crippen LogP contribution is 2.69. The average Bonchev–Trinajstić information content (AvgIpc) is 3.19. The molecule has 26 heavy (non-hydrogen) atoms. The molecule has 3 nitrogen and oxygen atoms in total. The van der Waals surface area contributed by atoms with Gasteiger partial charge in [0.2, 0.25) is 0 Å². The Bertz CT molecular complexity index is 632. The molecule has 5 aliphatic rings. The minimum absolute atomic E-state index is 0.0837. The number of ether oxygens (including phenoxy) is 2. The normalized spacial score (nSPS) is 55.0. The number of fused-ring (bicyclic) bond motifs is 5. The Kier molecular flexibility index (Phi) is 3.70. The minimum atomic E-state index is -0.886. The zero-order valence-electron chi connectivity index (χ0n) is 16.4. The molecule has 3 heteroatoms. The maximum atomic E-state index is 11.1. The average molecular weight is 359 g/mol. The van der Waals surface area contributed by atoms with Crippen molar-refractivity contribution in [3.8, 4) is 12.3 Å². The van der Waals surface area contributed by atoms with Crippen LogP contribution in [0.2, 0.25) is 0 Å². The lowest BCUT2D eigenvalue weighted by atomic mass is 9.44. The van der Waals surface area contributed by atoms with Gasteiger partial charge in [0.15, 0.2) is 5.79 Å². The van der Waals surface area contributed by atoms with E-state index >= 15 is 0 Å². The van der Waals surface area contributed by atoms with Crippen molar-refractivity contribution in [3.05, 3.63) is 0 Å². The predicted molar refractivity (Wildman–Crippen MR) is 100 cm³/mol. The molecular formula is C23H34O3. The van der Waals surface area contributed by atoms with Gasteiger partial charge in [-0.3, -0.25) is 0 Å². The van der Waals surface area contributed by atoms with E-state index in [4.69, 9.17) is 15.9 Å². The third kappa shape index (κ3) is 2.07. The lowest BCUT2D eigenvalue weighted by Gasteiger charge is -2.62. The fraction of sp³-hybridized carbons (Fsp3) is 0.913. The molecule has 0 amide bonds. The third-order valence-electron chi connectivity index (χ3n) is 9.87. The molecule has 5 rings (SSSR count). The minimum Gasteiger partial charge on any atom is -0.377 e. The second-order valence-corrected chi connectivity index (χ2v) is 10.5. The van der Waals surface area contributed by atoms with Gasteiger partial charge in [-0.2, -0.15) is 0 Å². The molecular weight excluding hydrogens is 324 g/mol. The summed E-state index contributed by atoms with van der Waals surface area (Å²) in [5.41, 5.74) is -0.566. The van der Waals surface area contributed by atoms with Gasteiger partial charge in [-0.15, -0.1) is 6.42 Å². The van der Waals surface area contributed by atoms with Gasteiger partial charge in [0, 0.05) is 18.3 Å². The van der Waals surface area contributed by atoms with Crippen molar-refractivity contribution in [3.63, 3.8) is 0 Å². The van der Waals surface area contributed by atoms with Crippen molar-refractivity contribution in [1.29, 1.82) is 0 Å². The summed E-state index contributed by atoms with van der Waals surface area (Å²) in [6.45, 7) is 6.37. The molecule has 1 spiro atoms. The molecule has 0 unspecified atom stereocenters. The summed E-state index contributed by atoms with van der Waals surface area (Å²) in [5, 5.41) is 11.1. The Labute approximate surface area is 158 Å². The van der Waals surface area contributed by atoms with Gasteiger partial charge in [-0.25, -0.2) is 0 Å². The van der Waals surface area contributed by atoms with Crippen LogP contribution in [0.5, 0.6) is 0 Å². The molecule has 1 saturated heterocycles. The highest BCUT2D eigenvalue weighted by molar-refractivity contribution is 5.23. The highest BCUT2D eigenvalue weighted by Gasteiger charge is 2.65. The van der Waals surface area contributed by atoms with Crippen LogP contribution in [0.25, 0.3) is 0 Å². The van der Waals surface area contributed by atoms with E-state index < -0.39 is 5.60 Å². The summed E-state index contributed by atoms with van der Waals surface area (Å²) in [4.78, 5) is 0. The third-order valence-corrected chi connectivity index (χ3v) is 9.87. The van der Waals surface area contributed by atoms with Gasteiger partial charge < -0.3 is 14.6 Å². The summed E-state index contributed by atoms with van der Waals surface area (Å²) < 4.78 is 12.1. The molecule has 0 radical (unpaired) electrons. The Hall–Kier alpha value is -0.560. The van der Waals surface area contributed by atoms with E-state index in [-0.39, 0.29) is 11.2 Å². The molecule has 1 heterocycles. The zero-order chi connectivity index (χ0) is 18.2. The fourth-order valence-electron chi connectivity index (χ4n) is 8.21. The lowest BCUT2D eigenvalue weighted by molar-refractivity contribution is -0.231. The summed E-state index contributed by atoms with van der Waals surface area (Å²) in [6.07, 6.45) is 15.9. The first-order valence-corrected chi connectivity index (χ1v) is 10.8. The molecule has 7 atom stereocenters. The number of terminal acetylenes is 1. The van der Waals surface area contributed by atoms with Crippen molar-refractivity contribution in [2.75, 3.05) is 13.2 Å². The van der Waals surface area contributed by atoms with Crippen molar-refractivity contribution >= 4 is 0 Å². The Morgan fingerprint density at radius 2 is 1.65 bits per heavy atom. The smallest absolute Gasteiger partial charge is 0.168 e. The largest absolute Gasteiger partial charge is 0.377 e. The molecule has 0 aromatic rings. The van der Waals surface area contributed by atoms with Gasteiger partial charge in [0.05, 0.1) is 13.2 Å². The van der Waals surface area contributed by atoms with Crippen molar-refractivity contribution in [2.45, 2.75) is 83.0 Å². The number of hydrogen-bond acceptors (Lipinski definition) is 3. The molecule has 1 N–H and O–H groups in total. The second-order valence-electron chi connectivity index (χ2n) is 10.5. The quantitative estimate of drug-likeness (QED) is 0.662. The van der Waals surface area contributed by atoms with Crippen LogP contribution >= 0.6 is 0 Å². The van der Waals surface area contributed by atoms with E-state index in [0.29, 0.717) is 17.3 Å². The molecule has 144 valence electrons. The van der Waals surface area contributed by atoms with Gasteiger partial charge in [0.25, 0.3) is 0 Å². The molecule has 0 aromatic heterocycles. The molecule has 1 aliphatic heterocycles. The van der Waals surface area contributed by atoms with Crippen molar-refractivity contribution < 1.29 is 14.6 Å². The van der Waals surface area contributed by atoms with Crippen LogP contribution in [0.4, 0.5) is 0 Å². The zero-order valence-corrected chi connectivity index (χ0v) is 16.4. The van der Waals surface area contributed by atoms with Crippen molar-refractivity contribution in [1.82, 2.24) is 0 Å². The van der Waals surface area contributed by atoms with Gasteiger partial charge in [-0.05, 0) is 74.0 Å². The highest BCUT2D eigenvalue weighted by atomic mass is 16.7. The van der Waals surface area contributed by atoms with E-state index in [0.717, 1.165) is 57.2 Å². The first kappa shape index (κ1) is 17.5. The molecule has 0 bridgehead atoms. The van der Waals surface area contributed by atoms with E-state index in [1.54, 1.807) is 0 Å². The lowest BCUT2D eigenvalue weighted by Crippen LogP contribution is -2.58. The van der Waals surface area contributed by atoms with Crippen LogP contribution < -0.4 is 0 Å². The first-order valence-electron chi connectivity index (χ1n) is 10.8. The standard InChI is InChI=1S/C23H34O3/c1-4-22(24)10-8-19-17-6-5-16-15-23(25-13-14-26-23)12-11-20(16,2)18(17)7-9-21(19,22)3/h1,16-19,24H,5-15H2,2-3H3/t16-,17-,18-,19-,20+,21-,22-/m1/s1. The van der Waals surface area contributed by atoms with E-state index in [9.17, 15) is 5.11 Å². The van der Waals surface area contributed by atoms with Crippen LogP contribution in [0.15, 0.2) is 0 Å². The topological polar surface area (TPSA) is 38.7 Å². The predicted octanol–water partition coefficient (Wildman–Crippen LogP) is 4.14. The Morgan fingerprint density at radius 3 is 2.38 bits per heavy atom. The van der Waals surface area contributed by atoms with E-state index in [2.05, 4.69) is 19.8 Å². The van der Waals surface area contributed by atoms with Crippen LogP contribution in [-0.2, 0) is 9.47 Å². The van der Waals surface area contributed by atoms with Gasteiger partial charge in [0.1, 0.15) is 5.60 Å². The van der Waals surface area contributed by atoms with Gasteiger partial charge >= 0.3 is 0 Å². The maximum absolute atomic E-state index is 11.1. The molecule has 4 saturated carbocycles. The van der Waals surface area contributed by atoms with Crippen LogP contribution in [-0.4, -0.2) is 29.7 Å². The number of aliphatic hydroxyl groups is 1. The molecule has 4 aliphatic carbocycles. The molecule has 0 aromatic carbocycles. The number of rotatable bonds is 0. The summed E-state index contributed by atoms with van der Waals surface area (Å²) in [5.74, 6) is 5.35. The fourth-order valence-corrected chi connectivity index (χ4v) is 8.21. The second kappa shape index (κ2) is 5.49. The Morgan fingerprint density at radius 1 is 0.923 bits per heavy atom. The van der Waals surface area contributed by atoms with Crippen molar-refractivity contribution in [2.24, 2.45) is 34.5 Å². The summed E-state index contributed by atoms with van der Waals surface area (Å²) in [7, 11) is 0. The number of hydrogen-bond donors (Lipinski definition) is 1. The summed E-state index contributed by atoms with van der Waals surface area (Å²) in [6, 6.07) is 0. The van der Waals surface area contributed by atoms with Crippen LogP contribution in [0, 0.1) is 46.8 Å². The monoisotopic (exact) mass is 358 g/mol. The van der Waals surface area contributed by atoms with Gasteiger partial charge in [-0.1, -0.05) is 19.8 Å². The Balaban J connectivity index is 1.42. The molecule has 5 fully saturated rings. The summed E-state index contributed by atoms with van der Waals surface area (Å²) >= 11 is 0. The first-order chi connectivity index (χ1) is 12.4.